The van der Waals surface area contributed by atoms with E-state index in [4.69, 9.17) is 13.1 Å². The Bertz CT molecular complexity index is 1050. The van der Waals surface area contributed by atoms with Crippen LogP contribution in [0.3, 0.4) is 0 Å². The normalized spacial score (nSPS) is 11.5. The molecule has 12 heteroatoms. The van der Waals surface area contributed by atoms with Crippen LogP contribution >= 0.6 is 12.3 Å². The molecule has 0 unspecified atom stereocenters. The Labute approximate surface area is 175 Å². The van der Waals surface area contributed by atoms with Crippen molar-refractivity contribution in [2.45, 2.75) is 19.8 Å². The predicted octanol–water partition coefficient (Wildman–Crippen LogP) is 3.04. The van der Waals surface area contributed by atoms with Crippen molar-refractivity contribution in [3.63, 3.8) is 0 Å². The first-order valence-corrected chi connectivity index (χ1v) is 9.49. The molecule has 0 fully saturated rings. The highest BCUT2D eigenvalue weighted by atomic mass is 32.2. The van der Waals surface area contributed by atoms with Gasteiger partial charge in [-0.05, 0) is 19.1 Å². The molecule has 0 aliphatic rings. The lowest BCUT2D eigenvalue weighted by molar-refractivity contribution is -0.0252. The minimum atomic E-state index is -3.02. The second-order valence-electron chi connectivity index (χ2n) is 6.25. The summed E-state index contributed by atoms with van der Waals surface area (Å²) in [6, 6.07) is 4.50. The molecule has 0 spiro atoms. The molecule has 0 saturated carbocycles. The second-order valence-corrected chi connectivity index (χ2v) is 6.78. The molecule has 0 saturated heterocycles. The fraction of sp³-hybridized carbons (Fsp3) is 0.333. The number of hydrogen-bond acceptors (Lipinski definition) is 8. The van der Waals surface area contributed by atoms with Gasteiger partial charge in [-0.25, -0.2) is 23.4 Å². The van der Waals surface area contributed by atoms with Crippen molar-refractivity contribution in [2.75, 3.05) is 13.2 Å². The average Bonchev–Trinajstić information content (AvgIpc) is 3.24. The summed E-state index contributed by atoms with van der Waals surface area (Å²) < 4.78 is 44.6. The molecule has 160 valence electrons. The molecule has 3 aromatic rings. The van der Waals surface area contributed by atoms with Crippen LogP contribution in [-0.2, 0) is 11.2 Å². The molecule has 3 heterocycles. The Balaban J connectivity index is 1.99. The van der Waals surface area contributed by atoms with E-state index in [1.165, 1.54) is 42.7 Å². The van der Waals surface area contributed by atoms with E-state index >= 15 is 0 Å². The van der Waals surface area contributed by atoms with E-state index in [-0.39, 0.29) is 22.9 Å². The van der Waals surface area contributed by atoms with Crippen LogP contribution in [0.2, 0.25) is 0 Å². The van der Waals surface area contributed by atoms with Gasteiger partial charge in [0.25, 0.3) is 11.5 Å². The van der Waals surface area contributed by atoms with Gasteiger partial charge in [-0.2, -0.15) is 5.10 Å². The topological polar surface area (TPSA) is 93.3 Å². The molecule has 3 rings (SSSR count). The second kappa shape index (κ2) is 9.22. The molecule has 3 aromatic heterocycles. The molecule has 0 aliphatic heterocycles. The molecule has 0 aliphatic carbocycles. The number of ether oxygens (including phenoxy) is 1. The molecule has 0 amide bonds. The van der Waals surface area contributed by atoms with Crippen molar-refractivity contribution < 1.29 is 21.9 Å². The summed E-state index contributed by atoms with van der Waals surface area (Å²) in [4.78, 5) is 21.1. The number of aromatic nitrogens is 5. The third-order valence-electron chi connectivity index (χ3n) is 3.80. The third-order valence-corrected chi connectivity index (χ3v) is 4.38. The molecule has 0 N–H and O–H groups in total. The van der Waals surface area contributed by atoms with Crippen molar-refractivity contribution in [1.29, 1.82) is 0 Å². The fourth-order valence-corrected chi connectivity index (χ4v) is 2.76. The van der Waals surface area contributed by atoms with Crippen LogP contribution in [0.25, 0.3) is 16.9 Å². The van der Waals surface area contributed by atoms with E-state index in [0.29, 0.717) is 12.3 Å². The number of rotatable bonds is 9. The van der Waals surface area contributed by atoms with Crippen LogP contribution in [-0.4, -0.2) is 43.5 Å². The van der Waals surface area contributed by atoms with Crippen LogP contribution in [0, 0.1) is 0 Å². The standard InChI is InChI=1S/C18H19F2N5O4S/c1-4-28-30-29-14-7-12(25-11-21-10-23-25)8-22-16(14)13-5-6-15(24(3)17(13)26)27-9-18(2,19)20/h5-8,10-11H,4,9H2,1-3H3. The Hall–Kier alpha value is -2.99. The van der Waals surface area contributed by atoms with Gasteiger partial charge in [-0.1, -0.05) is 0 Å². The summed E-state index contributed by atoms with van der Waals surface area (Å²) in [5, 5.41) is 4.04. The van der Waals surface area contributed by atoms with Crippen LogP contribution in [0.4, 0.5) is 8.78 Å². The van der Waals surface area contributed by atoms with Gasteiger partial charge in [-0.3, -0.25) is 13.5 Å². The lowest BCUT2D eigenvalue weighted by atomic mass is 10.1. The van der Waals surface area contributed by atoms with Crippen LogP contribution in [0.15, 0.2) is 41.8 Å². The molecule has 0 radical (unpaired) electrons. The number of hydrogen-bond donors (Lipinski definition) is 0. The highest BCUT2D eigenvalue weighted by Crippen LogP contribution is 2.31. The van der Waals surface area contributed by atoms with Crippen molar-refractivity contribution in [2.24, 2.45) is 7.05 Å². The van der Waals surface area contributed by atoms with Gasteiger partial charge in [-0.15, -0.1) is 0 Å². The van der Waals surface area contributed by atoms with E-state index in [1.54, 1.807) is 13.0 Å². The van der Waals surface area contributed by atoms with Gasteiger partial charge >= 0.3 is 0 Å². The Morgan fingerprint density at radius 2 is 2.10 bits per heavy atom. The zero-order valence-electron chi connectivity index (χ0n) is 16.4. The van der Waals surface area contributed by atoms with Gasteiger partial charge in [0, 0.05) is 20.0 Å². The number of pyridine rings is 2. The summed E-state index contributed by atoms with van der Waals surface area (Å²) in [5.74, 6) is -2.76. The molecule has 0 aromatic carbocycles. The minimum Gasteiger partial charge on any atom is -0.472 e. The Morgan fingerprint density at radius 3 is 2.77 bits per heavy atom. The van der Waals surface area contributed by atoms with Crippen LogP contribution < -0.4 is 14.5 Å². The van der Waals surface area contributed by atoms with E-state index in [9.17, 15) is 13.6 Å². The monoisotopic (exact) mass is 439 g/mol. The largest absolute Gasteiger partial charge is 0.472 e. The number of nitrogens with zero attached hydrogens (tertiary/aromatic N) is 5. The molecule has 0 atom stereocenters. The van der Waals surface area contributed by atoms with E-state index in [0.717, 1.165) is 23.8 Å². The quantitative estimate of drug-likeness (QED) is 0.371. The Kier molecular flexibility index (Phi) is 6.67. The zero-order chi connectivity index (χ0) is 21.7. The van der Waals surface area contributed by atoms with E-state index < -0.39 is 18.1 Å². The third kappa shape index (κ3) is 5.13. The highest BCUT2D eigenvalue weighted by molar-refractivity contribution is 7.90. The van der Waals surface area contributed by atoms with Gasteiger partial charge in [0.1, 0.15) is 18.3 Å². The van der Waals surface area contributed by atoms with Crippen molar-refractivity contribution in [1.82, 2.24) is 24.3 Å². The van der Waals surface area contributed by atoms with Crippen molar-refractivity contribution >= 4 is 12.3 Å². The first-order valence-electron chi connectivity index (χ1n) is 8.82. The summed E-state index contributed by atoms with van der Waals surface area (Å²) in [5.41, 5.74) is 0.522. The summed E-state index contributed by atoms with van der Waals surface area (Å²) in [6.07, 6.45) is 4.37. The van der Waals surface area contributed by atoms with E-state index in [1.807, 2.05) is 0 Å². The summed E-state index contributed by atoms with van der Waals surface area (Å²) in [7, 11) is 1.42. The van der Waals surface area contributed by atoms with E-state index in [2.05, 4.69) is 15.1 Å². The predicted molar refractivity (Wildman–Crippen MR) is 106 cm³/mol. The van der Waals surface area contributed by atoms with Crippen molar-refractivity contribution in [3.8, 4) is 28.6 Å². The smallest absolute Gasteiger partial charge is 0.278 e. The molecule has 30 heavy (non-hydrogen) atoms. The lowest BCUT2D eigenvalue weighted by Crippen LogP contribution is -2.26. The Morgan fingerprint density at radius 1 is 1.30 bits per heavy atom. The molecular formula is C18H19F2N5O4S. The zero-order valence-corrected chi connectivity index (χ0v) is 17.2. The van der Waals surface area contributed by atoms with Gasteiger partial charge < -0.3 is 8.92 Å². The van der Waals surface area contributed by atoms with Crippen LogP contribution in [0.1, 0.15) is 13.8 Å². The maximum absolute atomic E-state index is 13.1. The van der Waals surface area contributed by atoms with Gasteiger partial charge in [0.05, 0.1) is 24.1 Å². The number of halogens is 2. The van der Waals surface area contributed by atoms with Crippen LogP contribution in [0.5, 0.6) is 11.6 Å². The fourth-order valence-electron chi connectivity index (χ4n) is 2.42. The first kappa shape index (κ1) is 21.7. The average molecular weight is 439 g/mol. The highest BCUT2D eigenvalue weighted by Gasteiger charge is 2.23. The first-order chi connectivity index (χ1) is 14.3. The van der Waals surface area contributed by atoms with Crippen molar-refractivity contribution in [3.05, 3.63) is 47.4 Å². The summed E-state index contributed by atoms with van der Waals surface area (Å²) in [6.45, 7) is 2.10. The molecule has 0 bridgehead atoms. The van der Waals surface area contributed by atoms with Gasteiger partial charge in [0.2, 0.25) is 12.3 Å². The maximum atomic E-state index is 13.1. The summed E-state index contributed by atoms with van der Waals surface area (Å²) >= 11 is 0.743. The molecule has 9 nitrogen and oxygen atoms in total. The maximum Gasteiger partial charge on any atom is 0.278 e. The lowest BCUT2D eigenvalue weighted by Gasteiger charge is -2.15. The number of alkyl halides is 2. The molecular weight excluding hydrogens is 420 g/mol. The van der Waals surface area contributed by atoms with Gasteiger partial charge in [0.15, 0.2) is 18.2 Å². The SMILES string of the molecule is CCOSOc1cc(-n2cncn2)cnc1-c1ccc(OCC(C)(F)F)n(C)c1=O. The minimum absolute atomic E-state index is 0.00988.